The average molecular weight is 251 g/mol. The van der Waals surface area contributed by atoms with Gasteiger partial charge in [-0.1, -0.05) is 0 Å². The van der Waals surface area contributed by atoms with Gasteiger partial charge < -0.3 is 15.8 Å². The average Bonchev–Trinajstić information content (AvgIpc) is 2.34. The highest BCUT2D eigenvalue weighted by Gasteiger charge is 2.03. The van der Waals surface area contributed by atoms with E-state index in [0.29, 0.717) is 5.82 Å². The van der Waals surface area contributed by atoms with Crippen molar-refractivity contribution in [3.8, 4) is 5.75 Å². The second kappa shape index (κ2) is 5.31. The number of alkyl halides is 2. The Morgan fingerprint density at radius 3 is 2.28 bits per heavy atom. The number of hydrogen-bond donors (Lipinski definition) is 2. The number of anilines is 3. The van der Waals surface area contributed by atoms with Crippen LogP contribution in [0.5, 0.6) is 5.75 Å². The molecule has 0 unspecified atom stereocenters. The standard InChI is InChI=1S/C12H11F2N3O/c13-12(14)18-10-4-1-8(2-5-10)17-9-3-6-11(15)16-7-9/h1-7,12,17H,(H2,15,16). The van der Waals surface area contributed by atoms with Crippen LogP contribution in [0.25, 0.3) is 0 Å². The van der Waals surface area contributed by atoms with Gasteiger partial charge in [-0.3, -0.25) is 0 Å². The van der Waals surface area contributed by atoms with E-state index in [0.717, 1.165) is 11.4 Å². The lowest BCUT2D eigenvalue weighted by molar-refractivity contribution is -0.0498. The maximum absolute atomic E-state index is 11.9. The van der Waals surface area contributed by atoms with Gasteiger partial charge in [0.2, 0.25) is 0 Å². The first-order chi connectivity index (χ1) is 8.63. The van der Waals surface area contributed by atoms with Crippen LogP contribution in [0.2, 0.25) is 0 Å². The fourth-order valence-electron chi connectivity index (χ4n) is 1.37. The first kappa shape index (κ1) is 12.1. The summed E-state index contributed by atoms with van der Waals surface area (Å²) in [7, 11) is 0. The minimum atomic E-state index is -2.81. The van der Waals surface area contributed by atoms with Crippen molar-refractivity contribution in [1.29, 1.82) is 0 Å². The molecule has 94 valence electrons. The number of halogens is 2. The minimum Gasteiger partial charge on any atom is -0.435 e. The van der Waals surface area contributed by atoms with Crippen LogP contribution in [0.1, 0.15) is 0 Å². The molecule has 0 aliphatic heterocycles. The van der Waals surface area contributed by atoms with Crippen molar-refractivity contribution in [2.75, 3.05) is 11.1 Å². The SMILES string of the molecule is Nc1ccc(Nc2ccc(OC(F)F)cc2)cn1. The molecule has 3 N–H and O–H groups in total. The third kappa shape index (κ3) is 3.31. The monoisotopic (exact) mass is 251 g/mol. The second-order valence-electron chi connectivity index (χ2n) is 3.50. The van der Waals surface area contributed by atoms with Crippen LogP contribution in [-0.2, 0) is 0 Å². The number of nitrogens with zero attached hydrogens (tertiary/aromatic N) is 1. The van der Waals surface area contributed by atoms with Gasteiger partial charge in [-0.05, 0) is 36.4 Å². The van der Waals surface area contributed by atoms with Crippen LogP contribution in [0.3, 0.4) is 0 Å². The highest BCUT2D eigenvalue weighted by molar-refractivity contribution is 5.60. The van der Waals surface area contributed by atoms with Gasteiger partial charge in [0.05, 0.1) is 11.9 Å². The van der Waals surface area contributed by atoms with Crippen LogP contribution >= 0.6 is 0 Å². The molecule has 6 heteroatoms. The quantitative estimate of drug-likeness (QED) is 0.876. The van der Waals surface area contributed by atoms with Crippen molar-refractivity contribution in [3.63, 3.8) is 0 Å². The van der Waals surface area contributed by atoms with Gasteiger partial charge >= 0.3 is 6.61 Å². The van der Waals surface area contributed by atoms with Crippen LogP contribution in [0, 0.1) is 0 Å². The van der Waals surface area contributed by atoms with Gasteiger partial charge in [-0.15, -0.1) is 0 Å². The zero-order valence-electron chi connectivity index (χ0n) is 9.31. The number of nitrogens with one attached hydrogen (secondary N) is 1. The lowest BCUT2D eigenvalue weighted by atomic mass is 10.3. The summed E-state index contributed by atoms with van der Waals surface area (Å²) in [6.45, 7) is -2.81. The molecule has 0 aliphatic rings. The topological polar surface area (TPSA) is 60.2 Å². The molecule has 0 saturated carbocycles. The molecule has 0 fully saturated rings. The summed E-state index contributed by atoms with van der Waals surface area (Å²) in [6.07, 6.45) is 1.58. The molecule has 0 bridgehead atoms. The van der Waals surface area contributed by atoms with E-state index in [1.807, 2.05) is 0 Å². The van der Waals surface area contributed by atoms with Crippen LogP contribution in [0.15, 0.2) is 42.6 Å². The molecule has 0 aliphatic carbocycles. The lowest BCUT2D eigenvalue weighted by Gasteiger charge is -2.08. The molecule has 1 heterocycles. The first-order valence-electron chi connectivity index (χ1n) is 5.17. The Labute approximate surface area is 102 Å². The van der Waals surface area contributed by atoms with Gasteiger partial charge in [-0.25, -0.2) is 4.98 Å². The van der Waals surface area contributed by atoms with Crippen molar-refractivity contribution in [2.45, 2.75) is 6.61 Å². The lowest BCUT2D eigenvalue weighted by Crippen LogP contribution is -2.01. The normalized spacial score (nSPS) is 10.4. The largest absolute Gasteiger partial charge is 0.435 e. The van der Waals surface area contributed by atoms with Crippen LogP contribution in [0.4, 0.5) is 26.0 Å². The van der Waals surface area contributed by atoms with E-state index >= 15 is 0 Å². The van der Waals surface area contributed by atoms with Gasteiger partial charge in [0.25, 0.3) is 0 Å². The predicted octanol–water partition coefficient (Wildman–Crippen LogP) is 3.01. The maximum Gasteiger partial charge on any atom is 0.387 e. The summed E-state index contributed by atoms with van der Waals surface area (Å²) >= 11 is 0. The number of nitrogens with two attached hydrogens (primary N) is 1. The Hall–Kier alpha value is -2.37. The van der Waals surface area contributed by atoms with E-state index in [1.165, 1.54) is 12.1 Å². The van der Waals surface area contributed by atoms with Gasteiger partial charge in [0.15, 0.2) is 0 Å². The number of ether oxygens (including phenoxy) is 1. The number of rotatable bonds is 4. The fraction of sp³-hybridized carbons (Fsp3) is 0.0833. The molecule has 0 radical (unpaired) electrons. The third-order valence-electron chi connectivity index (χ3n) is 2.15. The first-order valence-corrected chi connectivity index (χ1v) is 5.17. The van der Waals surface area contributed by atoms with Crippen LogP contribution < -0.4 is 15.8 Å². The Balaban J connectivity index is 2.04. The highest BCUT2D eigenvalue weighted by Crippen LogP contribution is 2.20. The van der Waals surface area contributed by atoms with E-state index in [2.05, 4.69) is 15.0 Å². The molecule has 0 atom stereocenters. The zero-order valence-corrected chi connectivity index (χ0v) is 9.31. The summed E-state index contributed by atoms with van der Waals surface area (Å²) in [4.78, 5) is 3.92. The Kier molecular flexibility index (Phi) is 3.57. The van der Waals surface area contributed by atoms with Crippen molar-refractivity contribution in [1.82, 2.24) is 4.98 Å². The summed E-state index contributed by atoms with van der Waals surface area (Å²) in [5.41, 5.74) is 6.96. The number of pyridine rings is 1. The molecule has 1 aromatic heterocycles. The fourth-order valence-corrected chi connectivity index (χ4v) is 1.37. The molecular weight excluding hydrogens is 240 g/mol. The molecule has 2 aromatic rings. The molecule has 0 spiro atoms. The van der Waals surface area contributed by atoms with Crippen molar-refractivity contribution >= 4 is 17.2 Å². The summed E-state index contributed by atoms with van der Waals surface area (Å²) < 4.78 is 28.1. The van der Waals surface area contributed by atoms with E-state index < -0.39 is 6.61 Å². The van der Waals surface area contributed by atoms with Gasteiger partial charge in [-0.2, -0.15) is 8.78 Å². The molecular formula is C12H11F2N3O. The Bertz CT molecular complexity index is 500. The molecule has 1 aromatic carbocycles. The van der Waals surface area contributed by atoms with Crippen molar-refractivity contribution < 1.29 is 13.5 Å². The van der Waals surface area contributed by atoms with E-state index in [-0.39, 0.29) is 5.75 Å². The number of hydrogen-bond acceptors (Lipinski definition) is 4. The Morgan fingerprint density at radius 1 is 1.06 bits per heavy atom. The van der Waals surface area contributed by atoms with Crippen molar-refractivity contribution in [3.05, 3.63) is 42.6 Å². The molecule has 2 rings (SSSR count). The van der Waals surface area contributed by atoms with Gasteiger partial charge in [0, 0.05) is 5.69 Å². The Morgan fingerprint density at radius 2 is 1.72 bits per heavy atom. The summed E-state index contributed by atoms with van der Waals surface area (Å²) in [5.74, 6) is 0.548. The molecule has 0 saturated heterocycles. The number of benzene rings is 1. The zero-order chi connectivity index (χ0) is 13.0. The molecule has 18 heavy (non-hydrogen) atoms. The number of nitrogen functional groups attached to an aromatic ring is 1. The third-order valence-corrected chi connectivity index (χ3v) is 2.15. The molecule has 0 amide bonds. The highest BCUT2D eigenvalue weighted by atomic mass is 19.3. The van der Waals surface area contributed by atoms with Crippen molar-refractivity contribution in [2.24, 2.45) is 0 Å². The maximum atomic E-state index is 11.9. The molecule has 4 nitrogen and oxygen atoms in total. The predicted molar refractivity (Wildman–Crippen MR) is 65.0 cm³/mol. The summed E-state index contributed by atoms with van der Waals surface area (Å²) in [5, 5.41) is 3.05. The number of aromatic nitrogens is 1. The minimum absolute atomic E-state index is 0.117. The van der Waals surface area contributed by atoms with E-state index in [9.17, 15) is 8.78 Å². The van der Waals surface area contributed by atoms with Gasteiger partial charge in [0.1, 0.15) is 11.6 Å². The summed E-state index contributed by atoms with van der Waals surface area (Å²) in [6, 6.07) is 9.61. The van der Waals surface area contributed by atoms with E-state index in [4.69, 9.17) is 5.73 Å². The smallest absolute Gasteiger partial charge is 0.387 e. The van der Waals surface area contributed by atoms with E-state index in [1.54, 1.807) is 30.5 Å². The van der Waals surface area contributed by atoms with Crippen LogP contribution in [-0.4, -0.2) is 11.6 Å². The second-order valence-corrected chi connectivity index (χ2v) is 3.50.